The van der Waals surface area contributed by atoms with Crippen molar-refractivity contribution >= 4 is 19.2 Å². The van der Waals surface area contributed by atoms with Crippen LogP contribution >= 0.6 is 0 Å². The van der Waals surface area contributed by atoms with Gasteiger partial charge in [0.25, 0.3) is 0 Å². The fourth-order valence-corrected chi connectivity index (χ4v) is 4.27. The molecule has 1 aromatic rings. The number of hydrogen-bond donors (Lipinski definition) is 0. The molecule has 1 amide bonds. The van der Waals surface area contributed by atoms with Gasteiger partial charge < -0.3 is 9.64 Å². The van der Waals surface area contributed by atoms with E-state index in [4.69, 9.17) is 4.74 Å². The van der Waals surface area contributed by atoms with E-state index in [9.17, 15) is 4.79 Å². The molecule has 1 atom stereocenters. The topological polar surface area (TPSA) is 29.5 Å². The molecule has 0 saturated carbocycles. The van der Waals surface area contributed by atoms with E-state index in [2.05, 4.69) is 46.5 Å². The second-order valence-corrected chi connectivity index (χ2v) is 12.8. The van der Waals surface area contributed by atoms with Gasteiger partial charge in [-0.05, 0) is 6.92 Å². The number of carbonyl (C=O) groups is 1. The number of methoxy groups -OCH3 is 1. The first-order valence-electron chi connectivity index (χ1n) is 7.88. The van der Waals surface area contributed by atoms with Gasteiger partial charge in [0.15, 0.2) is 0 Å². The smallest absolute Gasteiger partial charge is 0.361 e. The van der Waals surface area contributed by atoms with Crippen LogP contribution in [0.25, 0.3) is 0 Å². The minimum Gasteiger partial charge on any atom is -0.361 e. The Hall–Kier alpha value is -0.536. The number of benzene rings is 1. The zero-order chi connectivity index (χ0) is 17.1. The van der Waals surface area contributed by atoms with Crippen molar-refractivity contribution in [2.45, 2.75) is 53.6 Å². The van der Waals surface area contributed by atoms with E-state index in [1.165, 1.54) is 0 Å². The molecular weight excluding hydrogens is 297 g/mol. The summed E-state index contributed by atoms with van der Waals surface area (Å²) in [4.78, 5) is 15.0. The standard InChI is InChI=1S/C18H30NO2Si.Li/c1-9-19(17(21-5)18(2,3)4)16(20)14-12-10-11-13-15(14)22(6,7)8;/h10,12-13,17H,9H2,1-8H3;/q-1;+1. The quantitative estimate of drug-likeness (QED) is 0.448. The van der Waals surface area contributed by atoms with Gasteiger partial charge in [-0.15, -0.1) is 5.19 Å². The Balaban J connectivity index is 0.00000484. The average Bonchev–Trinajstić information content (AvgIpc) is 2.41. The number of carbonyl (C=O) groups excluding carboxylic acids is 1. The molecule has 5 heteroatoms. The molecule has 0 aliphatic rings. The Morgan fingerprint density at radius 3 is 2.30 bits per heavy atom. The van der Waals surface area contributed by atoms with Crippen molar-refractivity contribution in [1.29, 1.82) is 0 Å². The minimum atomic E-state index is -1.61. The molecule has 0 aromatic heterocycles. The zero-order valence-electron chi connectivity index (χ0n) is 16.3. The Morgan fingerprint density at radius 1 is 1.35 bits per heavy atom. The van der Waals surface area contributed by atoms with Crippen LogP contribution < -0.4 is 24.0 Å². The zero-order valence-corrected chi connectivity index (χ0v) is 17.3. The van der Waals surface area contributed by atoms with Crippen LogP contribution in [0.4, 0.5) is 0 Å². The van der Waals surface area contributed by atoms with Crippen LogP contribution in [0.2, 0.25) is 19.6 Å². The van der Waals surface area contributed by atoms with Crippen molar-refractivity contribution in [3.8, 4) is 0 Å². The van der Waals surface area contributed by atoms with E-state index in [-0.39, 0.29) is 36.4 Å². The number of hydrogen-bond acceptors (Lipinski definition) is 2. The maximum Gasteiger partial charge on any atom is 1.00 e. The molecule has 0 heterocycles. The summed E-state index contributed by atoms with van der Waals surface area (Å²) in [7, 11) is 0.0610. The molecule has 0 radical (unpaired) electrons. The molecule has 23 heavy (non-hydrogen) atoms. The molecule has 0 aliphatic heterocycles. The molecule has 0 fully saturated rings. The predicted octanol–water partition coefficient (Wildman–Crippen LogP) is 0.517. The van der Waals surface area contributed by atoms with Crippen LogP contribution in [0.15, 0.2) is 18.2 Å². The number of amides is 1. The van der Waals surface area contributed by atoms with Gasteiger partial charge in [-0.2, -0.15) is 24.3 Å². The summed E-state index contributed by atoms with van der Waals surface area (Å²) in [6.07, 6.45) is -0.247. The van der Waals surface area contributed by atoms with Gasteiger partial charge in [-0.25, -0.2) is 0 Å². The molecule has 1 rings (SSSR count). The molecule has 124 valence electrons. The second-order valence-electron chi connectivity index (χ2n) is 7.77. The molecule has 0 spiro atoms. The van der Waals surface area contributed by atoms with E-state index in [1.807, 2.05) is 30.0 Å². The van der Waals surface area contributed by atoms with Gasteiger partial charge in [0, 0.05) is 27.1 Å². The molecule has 0 bridgehead atoms. The van der Waals surface area contributed by atoms with E-state index in [0.717, 1.165) is 10.8 Å². The van der Waals surface area contributed by atoms with Crippen LogP contribution in [0.5, 0.6) is 0 Å². The van der Waals surface area contributed by atoms with Gasteiger partial charge in [0.05, 0.1) is 0 Å². The molecule has 0 saturated heterocycles. The Morgan fingerprint density at radius 2 is 1.91 bits per heavy atom. The summed E-state index contributed by atoms with van der Waals surface area (Å²) in [5.74, 6) is 0.0516. The Kier molecular flexibility index (Phi) is 8.33. The number of ether oxygens (including phenoxy) is 1. The Labute approximate surface area is 155 Å². The van der Waals surface area contributed by atoms with Gasteiger partial charge in [0.1, 0.15) is 6.23 Å². The summed E-state index contributed by atoms with van der Waals surface area (Å²) >= 11 is 0. The normalized spacial score (nSPS) is 13.2. The average molecular weight is 327 g/mol. The third-order valence-electron chi connectivity index (χ3n) is 3.75. The largest absolute Gasteiger partial charge is 1.00 e. The van der Waals surface area contributed by atoms with Gasteiger partial charge in [-0.1, -0.05) is 46.0 Å². The van der Waals surface area contributed by atoms with Crippen molar-refractivity contribution in [3.63, 3.8) is 0 Å². The van der Waals surface area contributed by atoms with Crippen molar-refractivity contribution in [1.82, 2.24) is 4.90 Å². The van der Waals surface area contributed by atoms with Gasteiger partial charge in [0.2, 0.25) is 5.91 Å². The summed E-state index contributed by atoms with van der Waals surface area (Å²) in [5, 5.41) is 1.15. The van der Waals surface area contributed by atoms with Crippen LogP contribution in [0.3, 0.4) is 0 Å². The molecule has 1 aromatic carbocycles. The van der Waals surface area contributed by atoms with Gasteiger partial charge >= 0.3 is 18.9 Å². The third kappa shape index (κ3) is 5.50. The predicted molar refractivity (Wildman–Crippen MR) is 95.2 cm³/mol. The van der Waals surface area contributed by atoms with Crippen LogP contribution in [0.1, 0.15) is 38.1 Å². The van der Waals surface area contributed by atoms with Gasteiger partial charge in [-0.3, -0.25) is 4.79 Å². The monoisotopic (exact) mass is 327 g/mol. The summed E-state index contributed by atoms with van der Waals surface area (Å²) in [5.41, 5.74) is 0.659. The fraction of sp³-hybridized carbons (Fsp3) is 0.611. The van der Waals surface area contributed by atoms with Crippen molar-refractivity contribution < 1.29 is 28.4 Å². The van der Waals surface area contributed by atoms with Crippen LogP contribution in [0, 0.1) is 11.5 Å². The molecular formula is C18H30LiNO2Si. The maximum absolute atomic E-state index is 13.1. The number of rotatable bonds is 5. The first-order chi connectivity index (χ1) is 10.0. The fourth-order valence-electron chi connectivity index (χ4n) is 2.76. The maximum atomic E-state index is 13.1. The number of nitrogens with zero attached hydrogens (tertiary/aromatic N) is 1. The first-order valence-corrected chi connectivity index (χ1v) is 11.4. The van der Waals surface area contributed by atoms with E-state index >= 15 is 0 Å². The minimum absolute atomic E-state index is 0. The molecule has 0 N–H and O–H groups in total. The van der Waals surface area contributed by atoms with E-state index in [0.29, 0.717) is 6.54 Å². The van der Waals surface area contributed by atoms with Crippen LogP contribution in [-0.4, -0.2) is 38.8 Å². The van der Waals surface area contributed by atoms with Crippen molar-refractivity contribution in [2.75, 3.05) is 13.7 Å². The van der Waals surface area contributed by atoms with E-state index in [1.54, 1.807) is 7.11 Å². The van der Waals surface area contributed by atoms with Crippen LogP contribution in [-0.2, 0) is 4.74 Å². The molecule has 1 unspecified atom stereocenters. The van der Waals surface area contributed by atoms with E-state index < -0.39 is 8.07 Å². The summed E-state index contributed by atoms with van der Waals surface area (Å²) < 4.78 is 5.64. The molecule has 3 nitrogen and oxygen atoms in total. The summed E-state index contributed by atoms with van der Waals surface area (Å²) in [6.45, 7) is 15.7. The first kappa shape index (κ1) is 22.5. The van der Waals surface area contributed by atoms with Crippen molar-refractivity contribution in [2.24, 2.45) is 5.41 Å². The Bertz CT molecular complexity index is 520. The summed E-state index contributed by atoms with van der Waals surface area (Å²) in [6, 6.07) is 8.82. The third-order valence-corrected chi connectivity index (χ3v) is 5.78. The van der Waals surface area contributed by atoms with Crippen molar-refractivity contribution in [3.05, 3.63) is 29.8 Å². The molecule has 0 aliphatic carbocycles. The second kappa shape index (κ2) is 8.53. The SMILES string of the molecule is CCN(C(=O)c1cc[c-]cc1[Si](C)(C)C)C(OC)C(C)(C)C.[Li+].